The molecule has 110 valence electrons. The lowest BCUT2D eigenvalue weighted by molar-refractivity contribution is 0.274. The SMILES string of the molecule is COc1ccc(NC2CCOc3c(Cl)cc(Cl)cc32)cc1. The minimum atomic E-state index is 0.123. The van der Waals surface area contributed by atoms with Gasteiger partial charge >= 0.3 is 0 Å². The summed E-state index contributed by atoms with van der Waals surface area (Å²) in [5, 5.41) is 4.66. The van der Waals surface area contributed by atoms with Crippen LogP contribution in [0.4, 0.5) is 5.69 Å². The predicted molar refractivity (Wildman–Crippen MR) is 85.9 cm³/mol. The summed E-state index contributed by atoms with van der Waals surface area (Å²) >= 11 is 12.3. The van der Waals surface area contributed by atoms with Gasteiger partial charge in [-0.1, -0.05) is 23.2 Å². The van der Waals surface area contributed by atoms with E-state index in [4.69, 9.17) is 32.7 Å². The molecule has 0 saturated heterocycles. The molecule has 0 saturated carbocycles. The Hall–Kier alpha value is -1.58. The molecule has 1 aliphatic heterocycles. The third-order valence-corrected chi connectivity index (χ3v) is 4.00. The van der Waals surface area contributed by atoms with Crippen molar-refractivity contribution in [1.29, 1.82) is 0 Å². The van der Waals surface area contributed by atoms with Crippen LogP contribution in [0, 0.1) is 0 Å². The standard InChI is InChI=1S/C16H15Cl2NO2/c1-20-12-4-2-11(3-5-12)19-15-6-7-21-16-13(15)8-10(17)9-14(16)18/h2-5,8-9,15,19H,6-7H2,1H3. The van der Waals surface area contributed by atoms with E-state index in [2.05, 4.69) is 5.32 Å². The van der Waals surface area contributed by atoms with Crippen LogP contribution in [0.1, 0.15) is 18.0 Å². The van der Waals surface area contributed by atoms with Gasteiger partial charge in [0.25, 0.3) is 0 Å². The van der Waals surface area contributed by atoms with Crippen molar-refractivity contribution in [3.05, 3.63) is 52.0 Å². The first kappa shape index (κ1) is 14.4. The summed E-state index contributed by atoms with van der Waals surface area (Å²) in [5.74, 6) is 1.55. The van der Waals surface area contributed by atoms with Crippen molar-refractivity contribution in [1.82, 2.24) is 0 Å². The first-order valence-electron chi connectivity index (χ1n) is 6.69. The molecule has 0 radical (unpaired) electrons. The highest BCUT2D eigenvalue weighted by Gasteiger charge is 2.24. The summed E-state index contributed by atoms with van der Waals surface area (Å²) in [6, 6.07) is 11.6. The van der Waals surface area contributed by atoms with Gasteiger partial charge in [-0.3, -0.25) is 0 Å². The van der Waals surface area contributed by atoms with E-state index in [0.717, 1.165) is 29.2 Å². The van der Waals surface area contributed by atoms with Crippen LogP contribution < -0.4 is 14.8 Å². The van der Waals surface area contributed by atoms with Crippen LogP contribution in [-0.4, -0.2) is 13.7 Å². The van der Waals surface area contributed by atoms with Gasteiger partial charge in [0.15, 0.2) is 0 Å². The van der Waals surface area contributed by atoms with E-state index in [-0.39, 0.29) is 6.04 Å². The van der Waals surface area contributed by atoms with Gasteiger partial charge in [-0.15, -0.1) is 0 Å². The van der Waals surface area contributed by atoms with Crippen molar-refractivity contribution in [2.75, 3.05) is 19.0 Å². The Labute approximate surface area is 133 Å². The number of nitrogens with one attached hydrogen (secondary N) is 1. The van der Waals surface area contributed by atoms with Crippen molar-refractivity contribution in [3.63, 3.8) is 0 Å². The van der Waals surface area contributed by atoms with Crippen molar-refractivity contribution in [2.24, 2.45) is 0 Å². The number of hydrogen-bond donors (Lipinski definition) is 1. The quantitative estimate of drug-likeness (QED) is 0.868. The first-order chi connectivity index (χ1) is 10.2. The van der Waals surface area contributed by atoms with Crippen molar-refractivity contribution >= 4 is 28.9 Å². The molecule has 5 heteroatoms. The Bertz CT molecular complexity index is 643. The van der Waals surface area contributed by atoms with Crippen molar-refractivity contribution in [2.45, 2.75) is 12.5 Å². The van der Waals surface area contributed by atoms with Crippen LogP contribution in [0.5, 0.6) is 11.5 Å². The highest BCUT2D eigenvalue weighted by molar-refractivity contribution is 6.35. The number of methoxy groups -OCH3 is 1. The number of hydrogen-bond acceptors (Lipinski definition) is 3. The Morgan fingerprint density at radius 3 is 2.67 bits per heavy atom. The maximum absolute atomic E-state index is 6.20. The minimum Gasteiger partial charge on any atom is -0.497 e. The lowest BCUT2D eigenvalue weighted by atomic mass is 10.00. The lowest BCUT2D eigenvalue weighted by Gasteiger charge is -2.28. The fourth-order valence-electron chi connectivity index (χ4n) is 2.46. The fourth-order valence-corrected chi connectivity index (χ4v) is 3.03. The second-order valence-electron chi connectivity index (χ2n) is 4.87. The summed E-state index contributed by atoms with van der Waals surface area (Å²) in [6.07, 6.45) is 0.857. The molecule has 2 aromatic rings. The van der Waals surface area contributed by atoms with Gasteiger partial charge in [-0.25, -0.2) is 0 Å². The average molecular weight is 324 g/mol. The highest BCUT2D eigenvalue weighted by Crippen LogP contribution is 2.41. The van der Waals surface area contributed by atoms with Crippen LogP contribution >= 0.6 is 23.2 Å². The second-order valence-corrected chi connectivity index (χ2v) is 5.71. The molecule has 1 atom stereocenters. The van der Waals surface area contributed by atoms with Crippen molar-refractivity contribution in [3.8, 4) is 11.5 Å². The number of fused-ring (bicyclic) bond motifs is 1. The lowest BCUT2D eigenvalue weighted by Crippen LogP contribution is -2.20. The van der Waals surface area contributed by atoms with E-state index in [1.165, 1.54) is 0 Å². The van der Waals surface area contributed by atoms with E-state index < -0.39 is 0 Å². The van der Waals surface area contributed by atoms with Gasteiger partial charge in [0.1, 0.15) is 11.5 Å². The Kier molecular flexibility index (Phi) is 4.13. The van der Waals surface area contributed by atoms with Crippen LogP contribution in [0.25, 0.3) is 0 Å². The predicted octanol–water partition coefficient (Wildman–Crippen LogP) is 4.94. The summed E-state index contributed by atoms with van der Waals surface area (Å²) in [6.45, 7) is 0.627. The number of benzene rings is 2. The normalized spacial score (nSPS) is 16.8. The Balaban J connectivity index is 1.87. The van der Waals surface area contributed by atoms with Crippen molar-refractivity contribution < 1.29 is 9.47 Å². The van der Waals surface area contributed by atoms with Crippen LogP contribution in [0.15, 0.2) is 36.4 Å². The zero-order valence-corrected chi connectivity index (χ0v) is 13.0. The van der Waals surface area contributed by atoms with E-state index >= 15 is 0 Å². The minimum absolute atomic E-state index is 0.123. The third kappa shape index (κ3) is 3.04. The van der Waals surface area contributed by atoms with Gasteiger partial charge in [0.2, 0.25) is 0 Å². The number of halogens is 2. The average Bonchev–Trinajstić information content (AvgIpc) is 2.49. The van der Waals surface area contributed by atoms with Gasteiger partial charge in [-0.2, -0.15) is 0 Å². The fraction of sp³-hybridized carbons (Fsp3) is 0.250. The molecule has 0 bridgehead atoms. The van der Waals surface area contributed by atoms with Gasteiger partial charge in [0.05, 0.1) is 24.8 Å². The van der Waals surface area contributed by atoms with Gasteiger partial charge in [0, 0.05) is 22.7 Å². The van der Waals surface area contributed by atoms with Crippen LogP contribution in [-0.2, 0) is 0 Å². The van der Waals surface area contributed by atoms with E-state index in [1.807, 2.05) is 30.3 Å². The molecule has 1 heterocycles. The zero-order valence-electron chi connectivity index (χ0n) is 11.5. The summed E-state index contributed by atoms with van der Waals surface area (Å²) in [5.41, 5.74) is 2.01. The number of anilines is 1. The summed E-state index contributed by atoms with van der Waals surface area (Å²) < 4.78 is 10.8. The topological polar surface area (TPSA) is 30.5 Å². The Morgan fingerprint density at radius 2 is 1.95 bits per heavy atom. The maximum atomic E-state index is 6.20. The molecule has 1 aliphatic rings. The number of ether oxygens (including phenoxy) is 2. The van der Waals surface area contributed by atoms with Gasteiger partial charge in [-0.05, 0) is 36.4 Å². The zero-order chi connectivity index (χ0) is 14.8. The molecule has 21 heavy (non-hydrogen) atoms. The molecule has 0 amide bonds. The van der Waals surface area contributed by atoms with E-state index in [9.17, 15) is 0 Å². The Morgan fingerprint density at radius 1 is 1.19 bits per heavy atom. The van der Waals surface area contributed by atoms with E-state index in [0.29, 0.717) is 16.7 Å². The van der Waals surface area contributed by atoms with Crippen LogP contribution in [0.2, 0.25) is 10.0 Å². The largest absolute Gasteiger partial charge is 0.497 e. The molecular weight excluding hydrogens is 309 g/mol. The molecule has 0 fully saturated rings. The monoisotopic (exact) mass is 323 g/mol. The summed E-state index contributed by atoms with van der Waals surface area (Å²) in [4.78, 5) is 0. The third-order valence-electron chi connectivity index (χ3n) is 3.50. The molecule has 0 spiro atoms. The molecule has 0 aliphatic carbocycles. The molecule has 1 unspecified atom stereocenters. The maximum Gasteiger partial charge on any atom is 0.143 e. The molecular formula is C16H15Cl2NO2. The van der Waals surface area contributed by atoms with E-state index in [1.54, 1.807) is 13.2 Å². The first-order valence-corrected chi connectivity index (χ1v) is 7.45. The summed E-state index contributed by atoms with van der Waals surface area (Å²) in [7, 11) is 1.65. The molecule has 3 nitrogen and oxygen atoms in total. The number of rotatable bonds is 3. The molecule has 3 rings (SSSR count). The molecule has 1 N–H and O–H groups in total. The van der Waals surface area contributed by atoms with Gasteiger partial charge < -0.3 is 14.8 Å². The second kappa shape index (κ2) is 6.04. The smallest absolute Gasteiger partial charge is 0.143 e. The highest BCUT2D eigenvalue weighted by atomic mass is 35.5. The molecule has 0 aromatic heterocycles. The molecule has 2 aromatic carbocycles. The van der Waals surface area contributed by atoms with Crippen LogP contribution in [0.3, 0.4) is 0 Å².